The van der Waals surface area contributed by atoms with Crippen molar-refractivity contribution in [1.29, 1.82) is 0 Å². The zero-order valence-corrected chi connectivity index (χ0v) is 11.3. The molecule has 0 radical (unpaired) electrons. The molecular weight excluding hydrogens is 257 g/mol. The number of hydrogen-bond acceptors (Lipinski definition) is 2. The van der Waals surface area contributed by atoms with Gasteiger partial charge in [0.1, 0.15) is 5.75 Å². The average Bonchev–Trinajstić information content (AvgIpc) is 2.32. The van der Waals surface area contributed by atoms with Crippen molar-refractivity contribution in [3.05, 3.63) is 29.8 Å². The second-order valence-electron chi connectivity index (χ2n) is 4.82. The van der Waals surface area contributed by atoms with Gasteiger partial charge in [0.05, 0.1) is 19.1 Å². The van der Waals surface area contributed by atoms with Crippen LogP contribution in [-0.2, 0) is 4.74 Å². The molecule has 1 aromatic carbocycles. The maximum Gasteiger partial charge on any atom is 0.391 e. The summed E-state index contributed by atoms with van der Waals surface area (Å²) in [6, 6.07) is 6.62. The topological polar surface area (TPSA) is 18.5 Å². The second kappa shape index (κ2) is 6.80. The number of halogens is 3. The van der Waals surface area contributed by atoms with Crippen molar-refractivity contribution in [2.24, 2.45) is 5.92 Å². The summed E-state index contributed by atoms with van der Waals surface area (Å²) in [7, 11) is 1.28. The Morgan fingerprint density at radius 3 is 2.42 bits per heavy atom. The van der Waals surface area contributed by atoms with Crippen LogP contribution >= 0.6 is 0 Å². The summed E-state index contributed by atoms with van der Waals surface area (Å²) in [4.78, 5) is 0. The fourth-order valence-corrected chi connectivity index (χ4v) is 1.61. The molecule has 2 nitrogen and oxygen atoms in total. The van der Waals surface area contributed by atoms with Crippen LogP contribution in [0.5, 0.6) is 5.75 Å². The van der Waals surface area contributed by atoms with Crippen LogP contribution in [0.2, 0.25) is 0 Å². The fraction of sp³-hybridized carbons (Fsp3) is 0.571. The lowest BCUT2D eigenvalue weighted by Gasteiger charge is -2.18. The molecule has 1 atom stereocenters. The molecule has 0 N–H and O–H groups in total. The Labute approximate surface area is 111 Å². The minimum atomic E-state index is -4.25. The number of hydrogen-bond donors (Lipinski definition) is 0. The molecule has 108 valence electrons. The van der Waals surface area contributed by atoms with E-state index in [9.17, 15) is 13.2 Å². The van der Waals surface area contributed by atoms with Gasteiger partial charge in [-0.25, -0.2) is 0 Å². The van der Waals surface area contributed by atoms with Crippen LogP contribution in [0.3, 0.4) is 0 Å². The third kappa shape index (κ3) is 5.96. The Morgan fingerprint density at radius 1 is 1.21 bits per heavy atom. The van der Waals surface area contributed by atoms with Crippen molar-refractivity contribution >= 4 is 0 Å². The van der Waals surface area contributed by atoms with Crippen LogP contribution in [0.1, 0.15) is 31.9 Å². The number of methoxy groups -OCH3 is 1. The molecule has 0 heterocycles. The van der Waals surface area contributed by atoms with E-state index in [0.717, 1.165) is 0 Å². The van der Waals surface area contributed by atoms with E-state index in [1.54, 1.807) is 24.3 Å². The van der Waals surface area contributed by atoms with Gasteiger partial charge in [-0.05, 0) is 23.6 Å². The summed E-state index contributed by atoms with van der Waals surface area (Å²) in [6.07, 6.45) is -6.25. The van der Waals surface area contributed by atoms with Gasteiger partial charge in [-0.15, -0.1) is 0 Å². The van der Waals surface area contributed by atoms with Gasteiger partial charge in [0.15, 0.2) is 0 Å². The molecule has 1 unspecified atom stereocenters. The molecule has 0 aliphatic heterocycles. The monoisotopic (exact) mass is 276 g/mol. The second-order valence-corrected chi connectivity index (χ2v) is 4.82. The maximum atomic E-state index is 12.4. The van der Waals surface area contributed by atoms with Gasteiger partial charge in [-0.3, -0.25) is 0 Å². The van der Waals surface area contributed by atoms with E-state index in [2.05, 4.69) is 0 Å². The summed E-state index contributed by atoms with van der Waals surface area (Å²) in [5.74, 6) is 0.924. The summed E-state index contributed by atoms with van der Waals surface area (Å²) in [6.45, 7) is 4.54. The lowest BCUT2D eigenvalue weighted by molar-refractivity contribution is -0.158. The van der Waals surface area contributed by atoms with Crippen molar-refractivity contribution in [2.75, 3.05) is 13.7 Å². The van der Waals surface area contributed by atoms with Crippen molar-refractivity contribution < 1.29 is 22.6 Å². The highest BCUT2D eigenvalue weighted by molar-refractivity contribution is 5.30. The molecule has 0 bridgehead atoms. The number of benzene rings is 1. The third-order valence-electron chi connectivity index (χ3n) is 2.51. The minimum Gasteiger partial charge on any atom is -0.493 e. The van der Waals surface area contributed by atoms with Crippen molar-refractivity contribution in [1.82, 2.24) is 0 Å². The average molecular weight is 276 g/mol. The van der Waals surface area contributed by atoms with Gasteiger partial charge in [0.2, 0.25) is 0 Å². The highest BCUT2D eigenvalue weighted by Gasteiger charge is 2.32. The predicted molar refractivity (Wildman–Crippen MR) is 67.2 cm³/mol. The molecule has 0 saturated heterocycles. The standard InChI is InChI=1S/C14H19F3O2/c1-10(2)9-19-12-6-4-5-11(7-12)13(18-3)8-14(15,16)17/h4-7,10,13H,8-9H2,1-3H3. The normalized spacial score (nSPS) is 13.6. The summed E-state index contributed by atoms with van der Waals surface area (Å²) < 4.78 is 47.7. The smallest absolute Gasteiger partial charge is 0.391 e. The highest BCUT2D eigenvalue weighted by Crippen LogP contribution is 2.32. The molecule has 5 heteroatoms. The summed E-state index contributed by atoms with van der Waals surface area (Å²) in [5, 5.41) is 0. The summed E-state index contributed by atoms with van der Waals surface area (Å²) in [5.41, 5.74) is 0.473. The van der Waals surface area contributed by atoms with E-state index in [1.165, 1.54) is 7.11 Å². The molecule has 0 aliphatic carbocycles. The largest absolute Gasteiger partial charge is 0.493 e. The zero-order valence-electron chi connectivity index (χ0n) is 11.3. The molecule has 0 aliphatic rings. The van der Waals surface area contributed by atoms with E-state index in [4.69, 9.17) is 9.47 Å². The van der Waals surface area contributed by atoms with Crippen LogP contribution in [0.4, 0.5) is 13.2 Å². The van der Waals surface area contributed by atoms with E-state index in [1.807, 2.05) is 13.8 Å². The van der Waals surface area contributed by atoms with Crippen LogP contribution in [-0.4, -0.2) is 19.9 Å². The van der Waals surface area contributed by atoms with Gasteiger partial charge in [0.25, 0.3) is 0 Å². The van der Waals surface area contributed by atoms with Crippen molar-refractivity contribution in [3.63, 3.8) is 0 Å². The molecular formula is C14H19F3O2. The molecule has 1 rings (SSSR count). The van der Waals surface area contributed by atoms with E-state index in [0.29, 0.717) is 23.8 Å². The first-order valence-corrected chi connectivity index (χ1v) is 6.14. The fourth-order valence-electron chi connectivity index (χ4n) is 1.61. The van der Waals surface area contributed by atoms with Gasteiger partial charge >= 0.3 is 6.18 Å². The lowest BCUT2D eigenvalue weighted by atomic mass is 10.1. The first kappa shape index (κ1) is 15.8. The zero-order chi connectivity index (χ0) is 14.5. The number of ether oxygens (including phenoxy) is 2. The van der Waals surface area contributed by atoms with Crippen LogP contribution in [0.25, 0.3) is 0 Å². The Morgan fingerprint density at radius 2 is 1.89 bits per heavy atom. The third-order valence-corrected chi connectivity index (χ3v) is 2.51. The van der Waals surface area contributed by atoms with E-state index >= 15 is 0 Å². The van der Waals surface area contributed by atoms with Crippen molar-refractivity contribution in [3.8, 4) is 5.75 Å². The Bertz CT molecular complexity index is 389. The molecule has 1 aromatic rings. The molecule has 0 amide bonds. The maximum absolute atomic E-state index is 12.4. The molecule has 19 heavy (non-hydrogen) atoms. The number of alkyl halides is 3. The summed E-state index contributed by atoms with van der Waals surface area (Å²) >= 11 is 0. The number of rotatable bonds is 6. The van der Waals surface area contributed by atoms with Gasteiger partial charge in [-0.2, -0.15) is 13.2 Å². The molecule has 0 saturated carbocycles. The quantitative estimate of drug-likeness (QED) is 0.768. The predicted octanol–water partition coefficient (Wildman–Crippen LogP) is 4.36. The van der Waals surface area contributed by atoms with Crippen molar-refractivity contribution in [2.45, 2.75) is 32.5 Å². The molecule has 0 aromatic heterocycles. The Kier molecular flexibility index (Phi) is 5.66. The SMILES string of the molecule is COC(CC(F)(F)F)c1cccc(OCC(C)C)c1. The van der Waals surface area contributed by atoms with E-state index < -0.39 is 18.7 Å². The first-order chi connectivity index (χ1) is 8.81. The molecule has 0 fully saturated rings. The van der Waals surface area contributed by atoms with Gasteiger partial charge in [-0.1, -0.05) is 26.0 Å². The Hall–Kier alpha value is -1.23. The van der Waals surface area contributed by atoms with Crippen LogP contribution < -0.4 is 4.74 Å². The van der Waals surface area contributed by atoms with Gasteiger partial charge < -0.3 is 9.47 Å². The van der Waals surface area contributed by atoms with Gasteiger partial charge in [0, 0.05) is 7.11 Å². The Balaban J connectivity index is 2.78. The van der Waals surface area contributed by atoms with Crippen LogP contribution in [0.15, 0.2) is 24.3 Å². The minimum absolute atomic E-state index is 0.358. The highest BCUT2D eigenvalue weighted by atomic mass is 19.4. The lowest BCUT2D eigenvalue weighted by Crippen LogP contribution is -2.15. The molecule has 0 spiro atoms. The van der Waals surface area contributed by atoms with Crippen LogP contribution in [0, 0.1) is 5.92 Å². The first-order valence-electron chi connectivity index (χ1n) is 6.14. The van der Waals surface area contributed by atoms with E-state index in [-0.39, 0.29) is 0 Å².